The van der Waals surface area contributed by atoms with Crippen LogP contribution in [0, 0.1) is 0 Å². The minimum atomic E-state index is -0.00988. The summed E-state index contributed by atoms with van der Waals surface area (Å²) in [6, 6.07) is 17.0. The molecular formula is C27H39NO2. The number of rotatable bonds is 16. The lowest BCUT2D eigenvalue weighted by molar-refractivity contribution is 0.0953. The fourth-order valence-electron chi connectivity index (χ4n) is 3.57. The highest BCUT2D eigenvalue weighted by molar-refractivity contribution is 5.94. The number of nitrogens with one attached hydrogen (secondary N) is 1. The number of hydrogen-bond acceptors (Lipinski definition) is 2. The molecule has 0 saturated heterocycles. The van der Waals surface area contributed by atoms with Crippen molar-refractivity contribution in [3.05, 3.63) is 60.2 Å². The van der Waals surface area contributed by atoms with E-state index in [0.717, 1.165) is 24.5 Å². The first-order chi connectivity index (χ1) is 14.8. The van der Waals surface area contributed by atoms with Crippen molar-refractivity contribution in [2.24, 2.45) is 0 Å². The van der Waals surface area contributed by atoms with Crippen molar-refractivity contribution in [3.63, 3.8) is 0 Å². The molecule has 0 unspecified atom stereocenters. The SMILES string of the molecule is CCCCCCCCCCCCCCNC(=O)c1ccc(Oc2ccccc2)cc1. The van der Waals surface area contributed by atoms with Crippen molar-refractivity contribution in [2.75, 3.05) is 6.54 Å². The Bertz CT molecular complexity index is 682. The highest BCUT2D eigenvalue weighted by Crippen LogP contribution is 2.21. The molecule has 30 heavy (non-hydrogen) atoms. The maximum atomic E-state index is 12.3. The van der Waals surface area contributed by atoms with Crippen molar-refractivity contribution in [1.82, 2.24) is 5.32 Å². The Labute approximate surface area is 183 Å². The van der Waals surface area contributed by atoms with Gasteiger partial charge >= 0.3 is 0 Å². The van der Waals surface area contributed by atoms with Crippen LogP contribution >= 0.6 is 0 Å². The van der Waals surface area contributed by atoms with E-state index in [4.69, 9.17) is 4.74 Å². The summed E-state index contributed by atoms with van der Waals surface area (Å²) in [5.41, 5.74) is 0.675. The molecule has 0 aliphatic heterocycles. The highest BCUT2D eigenvalue weighted by Gasteiger charge is 2.05. The van der Waals surface area contributed by atoms with Gasteiger partial charge < -0.3 is 10.1 Å². The van der Waals surface area contributed by atoms with Crippen LogP contribution in [0.4, 0.5) is 0 Å². The summed E-state index contributed by atoms with van der Waals surface area (Å²) in [7, 11) is 0. The van der Waals surface area contributed by atoms with Gasteiger partial charge in [0.25, 0.3) is 5.91 Å². The summed E-state index contributed by atoms with van der Waals surface area (Å²) in [5, 5.41) is 3.02. The Balaban J connectivity index is 1.48. The predicted octanol–water partition coefficient (Wildman–Crippen LogP) is 7.91. The molecule has 0 bridgehead atoms. The quantitative estimate of drug-likeness (QED) is 0.286. The van der Waals surface area contributed by atoms with Crippen LogP contribution in [-0.2, 0) is 0 Å². The van der Waals surface area contributed by atoms with Crippen molar-refractivity contribution in [2.45, 2.75) is 84.0 Å². The Hall–Kier alpha value is -2.29. The molecule has 0 aliphatic rings. The molecular weight excluding hydrogens is 370 g/mol. The summed E-state index contributed by atoms with van der Waals surface area (Å²) in [4.78, 5) is 12.3. The summed E-state index contributed by atoms with van der Waals surface area (Å²) in [6.45, 7) is 3.02. The zero-order chi connectivity index (χ0) is 21.3. The van der Waals surface area contributed by atoms with Gasteiger partial charge in [-0.1, -0.05) is 95.8 Å². The molecule has 0 atom stereocenters. The second-order valence-corrected chi connectivity index (χ2v) is 8.08. The maximum Gasteiger partial charge on any atom is 0.251 e. The first-order valence-electron chi connectivity index (χ1n) is 11.9. The summed E-state index contributed by atoms with van der Waals surface area (Å²) in [6.07, 6.45) is 15.9. The molecule has 164 valence electrons. The van der Waals surface area contributed by atoms with E-state index in [9.17, 15) is 4.79 Å². The van der Waals surface area contributed by atoms with Crippen LogP contribution in [0.1, 0.15) is 94.3 Å². The van der Waals surface area contributed by atoms with E-state index >= 15 is 0 Å². The monoisotopic (exact) mass is 409 g/mol. The fraction of sp³-hybridized carbons (Fsp3) is 0.519. The van der Waals surface area contributed by atoms with Gasteiger partial charge in [-0.15, -0.1) is 0 Å². The van der Waals surface area contributed by atoms with Gasteiger partial charge in [0.15, 0.2) is 0 Å². The number of carbonyl (C=O) groups excluding carboxylic acids is 1. The number of hydrogen-bond donors (Lipinski definition) is 1. The van der Waals surface area contributed by atoms with Gasteiger partial charge in [0, 0.05) is 12.1 Å². The van der Waals surface area contributed by atoms with Crippen molar-refractivity contribution < 1.29 is 9.53 Å². The Morgan fingerprint density at radius 1 is 0.667 bits per heavy atom. The zero-order valence-electron chi connectivity index (χ0n) is 18.7. The average molecular weight is 410 g/mol. The Morgan fingerprint density at radius 2 is 1.17 bits per heavy atom. The summed E-state index contributed by atoms with van der Waals surface area (Å²) >= 11 is 0. The topological polar surface area (TPSA) is 38.3 Å². The van der Waals surface area contributed by atoms with Crippen LogP contribution in [-0.4, -0.2) is 12.5 Å². The van der Waals surface area contributed by atoms with Crippen LogP contribution in [0.5, 0.6) is 11.5 Å². The number of unbranched alkanes of at least 4 members (excludes halogenated alkanes) is 11. The number of carbonyl (C=O) groups is 1. The lowest BCUT2D eigenvalue weighted by atomic mass is 10.1. The smallest absolute Gasteiger partial charge is 0.251 e. The van der Waals surface area contributed by atoms with Gasteiger partial charge in [-0.25, -0.2) is 0 Å². The number of benzene rings is 2. The maximum absolute atomic E-state index is 12.3. The van der Waals surface area contributed by atoms with Crippen LogP contribution in [0.2, 0.25) is 0 Å². The zero-order valence-corrected chi connectivity index (χ0v) is 18.7. The van der Waals surface area contributed by atoms with Crippen LogP contribution < -0.4 is 10.1 Å². The van der Waals surface area contributed by atoms with Crippen LogP contribution in [0.25, 0.3) is 0 Å². The summed E-state index contributed by atoms with van der Waals surface area (Å²) < 4.78 is 5.76. The molecule has 0 saturated carbocycles. The van der Waals surface area contributed by atoms with E-state index in [2.05, 4.69) is 12.2 Å². The molecule has 0 heterocycles. The van der Waals surface area contributed by atoms with Gasteiger partial charge in [0.1, 0.15) is 11.5 Å². The third-order valence-electron chi connectivity index (χ3n) is 5.41. The number of amides is 1. The fourth-order valence-corrected chi connectivity index (χ4v) is 3.57. The minimum Gasteiger partial charge on any atom is -0.457 e. The normalized spacial score (nSPS) is 10.7. The molecule has 0 aromatic heterocycles. The number of ether oxygens (including phenoxy) is 1. The first-order valence-corrected chi connectivity index (χ1v) is 11.9. The van der Waals surface area contributed by atoms with E-state index in [-0.39, 0.29) is 5.91 Å². The molecule has 0 fully saturated rings. The van der Waals surface area contributed by atoms with Crippen molar-refractivity contribution >= 4 is 5.91 Å². The average Bonchev–Trinajstić information content (AvgIpc) is 2.78. The Morgan fingerprint density at radius 3 is 1.73 bits per heavy atom. The molecule has 1 amide bonds. The van der Waals surface area contributed by atoms with E-state index in [0.29, 0.717) is 5.56 Å². The van der Waals surface area contributed by atoms with Crippen molar-refractivity contribution in [1.29, 1.82) is 0 Å². The molecule has 0 radical (unpaired) electrons. The van der Waals surface area contributed by atoms with Gasteiger partial charge in [-0.05, 0) is 42.8 Å². The minimum absolute atomic E-state index is 0.00988. The molecule has 2 aromatic carbocycles. The van der Waals surface area contributed by atoms with Crippen LogP contribution in [0.3, 0.4) is 0 Å². The lowest BCUT2D eigenvalue weighted by Crippen LogP contribution is -2.24. The third kappa shape index (κ3) is 10.5. The van der Waals surface area contributed by atoms with E-state index < -0.39 is 0 Å². The second kappa shape index (κ2) is 15.5. The van der Waals surface area contributed by atoms with E-state index in [1.54, 1.807) is 0 Å². The van der Waals surface area contributed by atoms with Gasteiger partial charge in [0.2, 0.25) is 0 Å². The molecule has 2 aromatic rings. The molecule has 0 spiro atoms. The lowest BCUT2D eigenvalue weighted by Gasteiger charge is -2.08. The predicted molar refractivity (Wildman–Crippen MR) is 126 cm³/mol. The van der Waals surface area contributed by atoms with Crippen LogP contribution in [0.15, 0.2) is 54.6 Å². The standard InChI is InChI=1S/C27H39NO2/c1-2-3-4-5-6-7-8-9-10-11-12-16-23-28-27(29)24-19-21-26(22-20-24)30-25-17-14-13-15-18-25/h13-15,17-22H,2-12,16,23H2,1H3,(H,28,29). The van der Waals surface area contributed by atoms with Gasteiger partial charge in [-0.3, -0.25) is 4.79 Å². The van der Waals surface area contributed by atoms with Gasteiger partial charge in [0.05, 0.1) is 0 Å². The third-order valence-corrected chi connectivity index (χ3v) is 5.41. The molecule has 2 rings (SSSR count). The highest BCUT2D eigenvalue weighted by atomic mass is 16.5. The van der Waals surface area contributed by atoms with Crippen molar-refractivity contribution in [3.8, 4) is 11.5 Å². The van der Waals surface area contributed by atoms with Gasteiger partial charge in [-0.2, -0.15) is 0 Å². The van der Waals surface area contributed by atoms with E-state index in [1.807, 2.05) is 54.6 Å². The largest absolute Gasteiger partial charge is 0.457 e. The molecule has 1 N–H and O–H groups in total. The summed E-state index contributed by atoms with van der Waals surface area (Å²) in [5.74, 6) is 1.52. The number of para-hydroxylation sites is 1. The Kier molecular flexibility index (Phi) is 12.4. The molecule has 3 nitrogen and oxygen atoms in total. The first kappa shape index (κ1) is 24.0. The molecule has 3 heteroatoms. The van der Waals surface area contributed by atoms with E-state index in [1.165, 1.54) is 70.6 Å². The molecule has 0 aliphatic carbocycles. The second-order valence-electron chi connectivity index (χ2n) is 8.08.